The number of hydrogen-bond acceptors (Lipinski definition) is 2. The Kier molecular flexibility index (Phi) is 4.92. The lowest BCUT2D eigenvalue weighted by Crippen LogP contribution is -1.93. The summed E-state index contributed by atoms with van der Waals surface area (Å²) in [6.45, 7) is 4.19. The lowest BCUT2D eigenvalue weighted by molar-refractivity contribution is 0.538. The Labute approximate surface area is 138 Å². The Morgan fingerprint density at radius 1 is 0.870 bits per heavy atom. The third-order valence-electron chi connectivity index (χ3n) is 4.22. The van der Waals surface area contributed by atoms with E-state index in [9.17, 15) is 0 Å². The highest BCUT2D eigenvalue weighted by Crippen LogP contribution is 2.22. The molecule has 0 amide bonds. The van der Waals surface area contributed by atoms with Crippen molar-refractivity contribution in [3.05, 3.63) is 77.2 Å². The zero-order chi connectivity index (χ0) is 16.1. The summed E-state index contributed by atoms with van der Waals surface area (Å²) in [7, 11) is 0. The van der Waals surface area contributed by atoms with Gasteiger partial charge in [0.25, 0.3) is 0 Å². The largest absolute Gasteiger partial charge is 0.441 e. The molecule has 0 spiro atoms. The standard InChI is InChI=1S/C21H23NO/c1-3-17-12-14-18(15-13-17)8-7-11-20-16(2)23-21(22-20)19-9-5-4-6-10-19/h4-6,9-10,12-15H,3,7-8,11H2,1-2H3. The summed E-state index contributed by atoms with van der Waals surface area (Å²) in [4.78, 5) is 4.67. The third-order valence-corrected chi connectivity index (χ3v) is 4.22. The zero-order valence-electron chi connectivity index (χ0n) is 13.9. The molecule has 118 valence electrons. The van der Waals surface area contributed by atoms with Crippen LogP contribution in [0, 0.1) is 6.92 Å². The fourth-order valence-electron chi connectivity index (χ4n) is 2.77. The lowest BCUT2D eigenvalue weighted by atomic mass is 10.0. The van der Waals surface area contributed by atoms with Crippen LogP contribution in [0.15, 0.2) is 59.0 Å². The van der Waals surface area contributed by atoms with Gasteiger partial charge in [-0.1, -0.05) is 49.4 Å². The second kappa shape index (κ2) is 7.28. The average molecular weight is 305 g/mol. The van der Waals surface area contributed by atoms with E-state index in [1.165, 1.54) is 11.1 Å². The fraction of sp³-hybridized carbons (Fsp3) is 0.286. The summed E-state index contributed by atoms with van der Waals surface area (Å²) in [5.74, 6) is 1.66. The van der Waals surface area contributed by atoms with Crippen molar-refractivity contribution in [2.75, 3.05) is 0 Å². The first-order valence-corrected chi connectivity index (χ1v) is 8.36. The molecule has 2 aromatic carbocycles. The van der Waals surface area contributed by atoms with Crippen molar-refractivity contribution in [1.29, 1.82) is 0 Å². The molecule has 0 radical (unpaired) electrons. The van der Waals surface area contributed by atoms with Crippen LogP contribution < -0.4 is 0 Å². The first kappa shape index (κ1) is 15.5. The van der Waals surface area contributed by atoms with E-state index in [1.54, 1.807) is 0 Å². The Morgan fingerprint density at radius 3 is 2.26 bits per heavy atom. The minimum atomic E-state index is 0.727. The number of rotatable bonds is 6. The van der Waals surface area contributed by atoms with Gasteiger partial charge in [0.1, 0.15) is 5.76 Å². The Hall–Kier alpha value is -2.35. The van der Waals surface area contributed by atoms with E-state index in [1.807, 2.05) is 37.3 Å². The number of aromatic nitrogens is 1. The van der Waals surface area contributed by atoms with E-state index in [2.05, 4.69) is 36.2 Å². The summed E-state index contributed by atoms with van der Waals surface area (Å²) in [6.07, 6.45) is 4.22. The maximum Gasteiger partial charge on any atom is 0.226 e. The topological polar surface area (TPSA) is 26.0 Å². The molecule has 1 aromatic heterocycles. The minimum Gasteiger partial charge on any atom is -0.441 e. The third kappa shape index (κ3) is 3.89. The van der Waals surface area contributed by atoms with Gasteiger partial charge < -0.3 is 4.42 Å². The molecule has 3 aromatic rings. The molecular weight excluding hydrogens is 282 g/mol. The molecule has 0 saturated heterocycles. The summed E-state index contributed by atoms with van der Waals surface area (Å²) in [6, 6.07) is 19.0. The molecule has 3 rings (SSSR count). The molecule has 0 saturated carbocycles. The molecule has 2 nitrogen and oxygen atoms in total. The predicted molar refractivity (Wildman–Crippen MR) is 94.5 cm³/mol. The molecule has 1 heterocycles. The molecule has 0 fully saturated rings. The number of nitrogens with zero attached hydrogens (tertiary/aromatic N) is 1. The van der Waals surface area contributed by atoms with Crippen LogP contribution in [0.1, 0.15) is 35.9 Å². The zero-order valence-corrected chi connectivity index (χ0v) is 13.9. The van der Waals surface area contributed by atoms with Crippen LogP contribution in [0.25, 0.3) is 11.5 Å². The van der Waals surface area contributed by atoms with E-state index < -0.39 is 0 Å². The van der Waals surface area contributed by atoms with Gasteiger partial charge in [0.2, 0.25) is 5.89 Å². The van der Waals surface area contributed by atoms with Gasteiger partial charge in [-0.15, -0.1) is 0 Å². The summed E-state index contributed by atoms with van der Waals surface area (Å²) < 4.78 is 5.82. The van der Waals surface area contributed by atoms with E-state index in [-0.39, 0.29) is 0 Å². The van der Waals surface area contributed by atoms with Gasteiger partial charge in [-0.25, -0.2) is 4.98 Å². The van der Waals surface area contributed by atoms with Crippen molar-refractivity contribution in [3.8, 4) is 11.5 Å². The SMILES string of the molecule is CCc1ccc(CCCc2nc(-c3ccccc3)oc2C)cc1. The maximum atomic E-state index is 5.82. The normalized spacial score (nSPS) is 10.9. The highest BCUT2D eigenvalue weighted by Gasteiger charge is 2.10. The van der Waals surface area contributed by atoms with E-state index in [4.69, 9.17) is 4.42 Å². The highest BCUT2D eigenvalue weighted by molar-refractivity contribution is 5.53. The predicted octanol–water partition coefficient (Wildman–Crippen LogP) is 5.39. The fourth-order valence-corrected chi connectivity index (χ4v) is 2.77. The summed E-state index contributed by atoms with van der Waals surface area (Å²) >= 11 is 0. The van der Waals surface area contributed by atoms with Crippen molar-refractivity contribution in [2.24, 2.45) is 0 Å². The van der Waals surface area contributed by atoms with Crippen LogP contribution in [-0.4, -0.2) is 4.98 Å². The number of oxazole rings is 1. The summed E-state index contributed by atoms with van der Waals surface area (Å²) in [5.41, 5.74) is 4.91. The first-order valence-electron chi connectivity index (χ1n) is 8.36. The molecule has 0 bridgehead atoms. The molecule has 0 atom stereocenters. The lowest BCUT2D eigenvalue weighted by Gasteiger charge is -2.02. The van der Waals surface area contributed by atoms with Crippen molar-refractivity contribution >= 4 is 0 Å². The Balaban J connectivity index is 1.61. The van der Waals surface area contributed by atoms with Crippen molar-refractivity contribution in [3.63, 3.8) is 0 Å². The molecule has 0 N–H and O–H groups in total. The van der Waals surface area contributed by atoms with Gasteiger partial charge in [0, 0.05) is 5.56 Å². The van der Waals surface area contributed by atoms with Gasteiger partial charge in [0.05, 0.1) is 5.69 Å². The second-order valence-corrected chi connectivity index (χ2v) is 5.91. The molecule has 0 aliphatic heterocycles. The van der Waals surface area contributed by atoms with Crippen LogP contribution in [0.3, 0.4) is 0 Å². The molecule has 0 aliphatic carbocycles. The quantitative estimate of drug-likeness (QED) is 0.610. The number of aryl methyl sites for hydroxylation is 4. The van der Waals surface area contributed by atoms with Crippen LogP contribution in [0.5, 0.6) is 0 Å². The van der Waals surface area contributed by atoms with Gasteiger partial charge >= 0.3 is 0 Å². The maximum absolute atomic E-state index is 5.82. The molecule has 2 heteroatoms. The van der Waals surface area contributed by atoms with Crippen molar-refractivity contribution in [2.45, 2.75) is 39.5 Å². The molecule has 0 unspecified atom stereocenters. The Bertz CT molecular complexity index is 741. The highest BCUT2D eigenvalue weighted by atomic mass is 16.4. The van der Waals surface area contributed by atoms with Crippen LogP contribution in [0.4, 0.5) is 0 Å². The van der Waals surface area contributed by atoms with E-state index in [0.717, 1.165) is 48.6 Å². The van der Waals surface area contributed by atoms with Gasteiger partial charge in [-0.2, -0.15) is 0 Å². The van der Waals surface area contributed by atoms with Crippen LogP contribution in [-0.2, 0) is 19.3 Å². The number of hydrogen-bond donors (Lipinski definition) is 0. The van der Waals surface area contributed by atoms with Gasteiger partial charge in [0.15, 0.2) is 0 Å². The minimum absolute atomic E-state index is 0.727. The Morgan fingerprint density at radius 2 is 1.57 bits per heavy atom. The number of benzene rings is 2. The van der Waals surface area contributed by atoms with Crippen LogP contribution in [0.2, 0.25) is 0 Å². The molecule has 0 aliphatic rings. The van der Waals surface area contributed by atoms with Gasteiger partial charge in [-0.3, -0.25) is 0 Å². The second-order valence-electron chi connectivity index (χ2n) is 5.91. The van der Waals surface area contributed by atoms with Gasteiger partial charge in [-0.05, 0) is 55.9 Å². The molecule has 23 heavy (non-hydrogen) atoms. The van der Waals surface area contributed by atoms with Crippen molar-refractivity contribution in [1.82, 2.24) is 4.98 Å². The first-order chi connectivity index (χ1) is 11.3. The van der Waals surface area contributed by atoms with E-state index in [0.29, 0.717) is 0 Å². The molecular formula is C21H23NO. The smallest absolute Gasteiger partial charge is 0.226 e. The summed E-state index contributed by atoms with van der Waals surface area (Å²) in [5, 5.41) is 0. The van der Waals surface area contributed by atoms with E-state index >= 15 is 0 Å². The monoisotopic (exact) mass is 305 g/mol. The van der Waals surface area contributed by atoms with Crippen LogP contribution >= 0.6 is 0 Å². The average Bonchev–Trinajstić information content (AvgIpc) is 2.97. The van der Waals surface area contributed by atoms with Crippen molar-refractivity contribution < 1.29 is 4.42 Å².